The highest BCUT2D eigenvalue weighted by Crippen LogP contribution is 2.32. The molecule has 1 aromatic heterocycles. The third-order valence-corrected chi connectivity index (χ3v) is 5.70. The molecule has 35 heavy (non-hydrogen) atoms. The largest absolute Gasteiger partial charge is 0.497 e. The van der Waals surface area contributed by atoms with Gasteiger partial charge < -0.3 is 19.5 Å². The van der Waals surface area contributed by atoms with Gasteiger partial charge in [-0.1, -0.05) is 24.3 Å². The lowest BCUT2D eigenvalue weighted by Crippen LogP contribution is -2.33. The number of rotatable bonds is 11. The van der Waals surface area contributed by atoms with Crippen molar-refractivity contribution in [2.75, 3.05) is 20.3 Å². The topological polar surface area (TPSA) is 106 Å². The molecule has 0 radical (unpaired) electrons. The van der Waals surface area contributed by atoms with Crippen LogP contribution in [0.1, 0.15) is 44.8 Å². The summed E-state index contributed by atoms with van der Waals surface area (Å²) < 4.78 is 10.8. The van der Waals surface area contributed by atoms with E-state index >= 15 is 0 Å². The van der Waals surface area contributed by atoms with E-state index in [9.17, 15) is 14.4 Å². The quantitative estimate of drug-likeness (QED) is 0.421. The van der Waals surface area contributed by atoms with Gasteiger partial charge >= 0.3 is 5.97 Å². The Morgan fingerprint density at radius 2 is 1.77 bits per heavy atom. The fraction of sp³-hybridized carbons (Fsp3) is 0.259. The van der Waals surface area contributed by atoms with Crippen LogP contribution in [0.15, 0.2) is 66.9 Å². The summed E-state index contributed by atoms with van der Waals surface area (Å²) in [4.78, 5) is 43.5. The van der Waals surface area contributed by atoms with Crippen LogP contribution >= 0.6 is 0 Å². The third kappa shape index (κ3) is 6.23. The summed E-state index contributed by atoms with van der Waals surface area (Å²) in [6.07, 6.45) is 3.63. The van der Waals surface area contributed by atoms with Crippen molar-refractivity contribution in [1.82, 2.24) is 9.88 Å². The van der Waals surface area contributed by atoms with Crippen LogP contribution in [0, 0.1) is 5.92 Å². The zero-order valence-corrected chi connectivity index (χ0v) is 19.3. The number of hydrogen-bond donors (Lipinski definition) is 1. The van der Waals surface area contributed by atoms with Crippen LogP contribution in [0.3, 0.4) is 0 Å². The number of carboxylic acids is 1. The maximum absolute atomic E-state index is 13.7. The number of carbonyl (C=O) groups excluding carboxylic acids is 2. The summed E-state index contributed by atoms with van der Waals surface area (Å²) in [6, 6.07) is 16.9. The molecule has 1 saturated carbocycles. The lowest BCUT2D eigenvalue weighted by molar-refractivity contribution is -0.139. The summed E-state index contributed by atoms with van der Waals surface area (Å²) in [5, 5.41) is 8.98. The van der Waals surface area contributed by atoms with E-state index in [1.165, 1.54) is 7.11 Å². The summed E-state index contributed by atoms with van der Waals surface area (Å²) in [5.74, 6) is -0.413. The first kappa shape index (κ1) is 23.9. The van der Waals surface area contributed by atoms with Crippen molar-refractivity contribution in [3.63, 3.8) is 0 Å². The Kier molecular flexibility index (Phi) is 7.40. The van der Waals surface area contributed by atoms with Crippen LogP contribution < -0.4 is 9.47 Å². The summed E-state index contributed by atoms with van der Waals surface area (Å²) in [5.41, 5.74) is 1.62. The second-order valence-electron chi connectivity index (χ2n) is 8.41. The number of methoxy groups -OCH3 is 1. The van der Waals surface area contributed by atoms with Crippen LogP contribution in [0.4, 0.5) is 0 Å². The van der Waals surface area contributed by atoms with Gasteiger partial charge in [-0.05, 0) is 55.2 Å². The number of hydrogen-bond acceptors (Lipinski definition) is 6. The van der Waals surface area contributed by atoms with Gasteiger partial charge in [0.2, 0.25) is 5.78 Å². The van der Waals surface area contributed by atoms with E-state index in [-0.39, 0.29) is 23.9 Å². The van der Waals surface area contributed by atoms with E-state index in [1.54, 1.807) is 59.6 Å². The second-order valence-corrected chi connectivity index (χ2v) is 8.41. The predicted molar refractivity (Wildman–Crippen MR) is 128 cm³/mol. The lowest BCUT2D eigenvalue weighted by Gasteiger charge is -2.24. The van der Waals surface area contributed by atoms with Gasteiger partial charge in [0.1, 0.15) is 17.2 Å². The number of nitrogens with zero attached hydrogens (tertiary/aromatic N) is 2. The summed E-state index contributed by atoms with van der Waals surface area (Å²) in [6.45, 7) is 0.321. The Labute approximate surface area is 203 Å². The van der Waals surface area contributed by atoms with E-state index in [2.05, 4.69) is 4.98 Å². The number of ether oxygens (including phenoxy) is 2. The summed E-state index contributed by atoms with van der Waals surface area (Å²) >= 11 is 0. The number of amides is 1. The van der Waals surface area contributed by atoms with Crippen molar-refractivity contribution in [2.45, 2.75) is 19.4 Å². The number of aliphatic carboxylic acids is 1. The second kappa shape index (κ2) is 10.8. The molecule has 0 atom stereocenters. The molecule has 8 heteroatoms. The number of ketones is 1. The number of carbonyl (C=O) groups is 3. The average molecular weight is 475 g/mol. The Morgan fingerprint density at radius 1 is 1.03 bits per heavy atom. The van der Waals surface area contributed by atoms with E-state index < -0.39 is 12.6 Å². The highest BCUT2D eigenvalue weighted by Gasteiger charge is 2.29. The molecule has 8 nitrogen and oxygen atoms in total. The smallest absolute Gasteiger partial charge is 0.341 e. The SMILES string of the molecule is COc1cc(C(=O)c2ccccn2)cc(C(=O)N(Cc2ccccc2OCC(=O)O)CC2CC2)c1. The van der Waals surface area contributed by atoms with Crippen LogP contribution in [0.5, 0.6) is 11.5 Å². The molecular formula is C27H26N2O6. The Bertz CT molecular complexity index is 1220. The molecule has 3 aromatic rings. The Balaban J connectivity index is 1.63. The normalized spacial score (nSPS) is 12.6. The average Bonchev–Trinajstić information content (AvgIpc) is 3.71. The molecule has 0 spiro atoms. The number of pyridine rings is 1. The highest BCUT2D eigenvalue weighted by molar-refractivity contribution is 6.09. The van der Waals surface area contributed by atoms with Crippen LogP contribution in [0.2, 0.25) is 0 Å². The number of aromatic nitrogens is 1. The fourth-order valence-corrected chi connectivity index (χ4v) is 3.75. The van der Waals surface area contributed by atoms with Gasteiger partial charge in [0.05, 0.1) is 7.11 Å². The molecule has 0 aliphatic heterocycles. The molecule has 1 fully saturated rings. The van der Waals surface area contributed by atoms with Crippen LogP contribution in [-0.4, -0.2) is 52.9 Å². The molecule has 1 aliphatic carbocycles. The predicted octanol–water partition coefficient (Wildman–Crippen LogP) is 3.84. The molecular weight excluding hydrogens is 448 g/mol. The Hall–Kier alpha value is -4.20. The first-order chi connectivity index (χ1) is 16.9. The van der Waals surface area contributed by atoms with Gasteiger partial charge in [0.15, 0.2) is 6.61 Å². The standard InChI is InChI=1S/C27H26N2O6/c1-34-22-13-20(26(32)23-7-4-5-11-28-23)12-21(14-22)27(33)29(15-18-9-10-18)16-19-6-2-3-8-24(19)35-17-25(30)31/h2-8,11-14,18H,9-10,15-17H2,1H3,(H,30,31). The monoisotopic (exact) mass is 474 g/mol. The fourth-order valence-electron chi connectivity index (χ4n) is 3.75. The highest BCUT2D eigenvalue weighted by atomic mass is 16.5. The van der Waals surface area contributed by atoms with Gasteiger partial charge in [-0.25, -0.2) is 4.79 Å². The lowest BCUT2D eigenvalue weighted by atomic mass is 10.0. The minimum absolute atomic E-state index is 0.242. The number of carboxylic acid groups (broad SMARTS) is 1. The van der Waals surface area contributed by atoms with Crippen molar-refractivity contribution in [1.29, 1.82) is 0 Å². The number of benzene rings is 2. The Morgan fingerprint density at radius 3 is 2.46 bits per heavy atom. The molecule has 0 unspecified atom stereocenters. The first-order valence-electron chi connectivity index (χ1n) is 11.3. The van der Waals surface area contributed by atoms with Crippen molar-refractivity contribution in [2.24, 2.45) is 5.92 Å². The van der Waals surface area contributed by atoms with E-state index in [0.29, 0.717) is 40.7 Å². The molecule has 1 amide bonds. The van der Waals surface area contributed by atoms with Gasteiger partial charge in [-0.2, -0.15) is 0 Å². The zero-order valence-electron chi connectivity index (χ0n) is 19.3. The minimum atomic E-state index is -1.08. The van der Waals surface area contributed by atoms with Crippen molar-refractivity contribution in [3.05, 3.63) is 89.2 Å². The van der Waals surface area contributed by atoms with Gasteiger partial charge in [-0.15, -0.1) is 0 Å². The molecule has 1 aliphatic rings. The van der Waals surface area contributed by atoms with E-state index in [1.807, 2.05) is 12.1 Å². The van der Waals surface area contributed by atoms with Gasteiger partial charge in [0, 0.05) is 36.0 Å². The summed E-state index contributed by atoms with van der Waals surface area (Å²) in [7, 11) is 1.48. The van der Waals surface area contributed by atoms with Gasteiger partial charge in [-0.3, -0.25) is 14.6 Å². The third-order valence-electron chi connectivity index (χ3n) is 5.70. The molecule has 0 bridgehead atoms. The van der Waals surface area contributed by atoms with Crippen molar-refractivity contribution < 1.29 is 29.0 Å². The maximum Gasteiger partial charge on any atom is 0.341 e. The van der Waals surface area contributed by atoms with Crippen LogP contribution in [0.25, 0.3) is 0 Å². The van der Waals surface area contributed by atoms with Crippen molar-refractivity contribution in [3.8, 4) is 11.5 Å². The number of para-hydroxylation sites is 1. The molecule has 1 N–H and O–H groups in total. The molecule has 180 valence electrons. The molecule has 2 aromatic carbocycles. The molecule has 1 heterocycles. The molecule has 0 saturated heterocycles. The maximum atomic E-state index is 13.7. The molecule has 4 rings (SSSR count). The minimum Gasteiger partial charge on any atom is -0.497 e. The van der Waals surface area contributed by atoms with Crippen molar-refractivity contribution >= 4 is 17.7 Å². The van der Waals surface area contributed by atoms with Crippen LogP contribution in [-0.2, 0) is 11.3 Å². The van der Waals surface area contributed by atoms with Gasteiger partial charge in [0.25, 0.3) is 5.91 Å². The van der Waals surface area contributed by atoms with E-state index in [4.69, 9.17) is 14.6 Å². The first-order valence-corrected chi connectivity index (χ1v) is 11.3. The van der Waals surface area contributed by atoms with E-state index in [0.717, 1.165) is 12.8 Å². The zero-order chi connectivity index (χ0) is 24.8.